The summed E-state index contributed by atoms with van der Waals surface area (Å²) in [5, 5.41) is 3.17. The van der Waals surface area contributed by atoms with E-state index in [9.17, 15) is 0 Å². The van der Waals surface area contributed by atoms with Crippen LogP contribution in [0.25, 0.3) is 0 Å². The first kappa shape index (κ1) is 22.3. The third-order valence-electron chi connectivity index (χ3n) is 2.08. The molecule has 2 rings (SSSR count). The van der Waals surface area contributed by atoms with Gasteiger partial charge in [0, 0.05) is 0 Å². The zero-order valence-corrected chi connectivity index (χ0v) is 15.5. The SMILES string of the molecule is Cc1p[pH]c(C)c1C.[C-]1=CC=CC1.[Cl-].[Cl-].[Zr+3]. The van der Waals surface area contributed by atoms with Crippen LogP contribution >= 0.6 is 15.7 Å². The number of hydrogen-bond acceptors (Lipinski definition) is 0. The van der Waals surface area contributed by atoms with Crippen molar-refractivity contribution in [2.75, 3.05) is 0 Å². The molecule has 1 aromatic rings. The summed E-state index contributed by atoms with van der Waals surface area (Å²) in [7, 11) is 2.61. The molecule has 0 amide bonds. The molecule has 5 heteroatoms. The summed E-state index contributed by atoms with van der Waals surface area (Å²) in [5.41, 5.74) is 1.55. The van der Waals surface area contributed by atoms with Crippen molar-refractivity contribution in [2.45, 2.75) is 27.2 Å². The minimum Gasteiger partial charge on any atom is -1.00 e. The predicted molar refractivity (Wildman–Crippen MR) is 64.2 cm³/mol. The first-order valence-corrected chi connectivity index (χ1v) is 7.15. The van der Waals surface area contributed by atoms with Gasteiger partial charge in [-0.25, -0.2) is 12.2 Å². The fourth-order valence-corrected chi connectivity index (χ4v) is 4.09. The van der Waals surface area contributed by atoms with Crippen LogP contribution < -0.4 is 24.8 Å². The smallest absolute Gasteiger partial charge is 1.00 e. The van der Waals surface area contributed by atoms with Crippen LogP contribution in [0.2, 0.25) is 0 Å². The van der Waals surface area contributed by atoms with Crippen molar-refractivity contribution >= 4 is 15.7 Å². The first-order valence-electron chi connectivity index (χ1n) is 4.41. The van der Waals surface area contributed by atoms with E-state index in [1.807, 2.05) is 12.2 Å². The van der Waals surface area contributed by atoms with E-state index in [1.54, 1.807) is 24.0 Å². The average Bonchev–Trinajstić information content (AvgIpc) is 2.75. The largest absolute Gasteiger partial charge is 3.00 e. The fraction of sp³-hybridized carbons (Fsp3) is 0.364. The number of rotatable bonds is 0. The topological polar surface area (TPSA) is 0 Å². The van der Waals surface area contributed by atoms with Gasteiger partial charge in [-0.2, -0.15) is 6.08 Å². The van der Waals surface area contributed by atoms with Crippen LogP contribution in [0.1, 0.15) is 22.6 Å². The van der Waals surface area contributed by atoms with Crippen LogP contribution in [0.5, 0.6) is 0 Å². The molecule has 0 saturated heterocycles. The summed E-state index contributed by atoms with van der Waals surface area (Å²) in [6.07, 6.45) is 10.0. The number of halogens is 2. The molecule has 0 N–H and O–H groups in total. The minimum absolute atomic E-state index is 0. The average molecular weight is 371 g/mol. The van der Waals surface area contributed by atoms with E-state index in [1.165, 1.54) is 0 Å². The molecule has 0 fully saturated rings. The molecule has 0 saturated carbocycles. The van der Waals surface area contributed by atoms with Gasteiger partial charge >= 0.3 is 26.2 Å². The molecule has 16 heavy (non-hydrogen) atoms. The Morgan fingerprint density at radius 3 is 2.00 bits per heavy atom. The Hall–Kier alpha value is 1.15. The summed E-state index contributed by atoms with van der Waals surface area (Å²) in [6.45, 7) is 6.68. The molecule has 1 aliphatic carbocycles. The van der Waals surface area contributed by atoms with Gasteiger partial charge in [0.25, 0.3) is 0 Å². The molecule has 0 spiro atoms. The molecule has 1 radical (unpaired) electrons. The molecular weight excluding hydrogens is 356 g/mol. The van der Waals surface area contributed by atoms with Gasteiger partial charge < -0.3 is 24.8 Å². The van der Waals surface area contributed by atoms with Crippen molar-refractivity contribution in [1.82, 2.24) is 0 Å². The maximum absolute atomic E-state index is 2.99. The maximum Gasteiger partial charge on any atom is 3.00 e. The Balaban J connectivity index is -0.000000189. The molecule has 0 bridgehead atoms. The maximum atomic E-state index is 2.99. The molecule has 87 valence electrons. The van der Waals surface area contributed by atoms with Crippen molar-refractivity contribution in [1.29, 1.82) is 0 Å². The summed E-state index contributed by atoms with van der Waals surface area (Å²) in [5.74, 6) is 0. The van der Waals surface area contributed by atoms with E-state index >= 15 is 0 Å². The zero-order chi connectivity index (χ0) is 9.68. The Morgan fingerprint density at radius 2 is 1.88 bits per heavy atom. The second-order valence-corrected chi connectivity index (χ2v) is 6.27. The number of aryl methyl sites for hydroxylation is 2. The van der Waals surface area contributed by atoms with Crippen LogP contribution in [0.4, 0.5) is 0 Å². The van der Waals surface area contributed by atoms with Gasteiger partial charge in [0.05, 0.1) is 0 Å². The van der Waals surface area contributed by atoms with E-state index in [2.05, 4.69) is 32.9 Å². The van der Waals surface area contributed by atoms with Gasteiger partial charge in [-0.3, -0.25) is 6.08 Å². The quantitative estimate of drug-likeness (QED) is 0.489. The van der Waals surface area contributed by atoms with Crippen LogP contribution in [0.15, 0.2) is 18.2 Å². The van der Waals surface area contributed by atoms with Crippen molar-refractivity contribution in [3.05, 3.63) is 40.5 Å². The van der Waals surface area contributed by atoms with Crippen LogP contribution in [-0.4, -0.2) is 0 Å². The van der Waals surface area contributed by atoms with E-state index in [-0.39, 0.29) is 51.0 Å². The van der Waals surface area contributed by atoms with Crippen LogP contribution in [0.3, 0.4) is 0 Å². The number of allylic oxidation sites excluding steroid dienone is 4. The Morgan fingerprint density at radius 1 is 1.25 bits per heavy atom. The summed E-state index contributed by atoms with van der Waals surface area (Å²) < 4.78 is 0. The summed E-state index contributed by atoms with van der Waals surface area (Å²) in [6, 6.07) is 0. The van der Waals surface area contributed by atoms with Crippen molar-refractivity contribution in [3.8, 4) is 0 Å². The monoisotopic (exact) mass is 369 g/mol. The predicted octanol–water partition coefficient (Wildman–Crippen LogP) is -1.47. The molecule has 1 atom stereocenters. The molecule has 0 nitrogen and oxygen atoms in total. The third-order valence-corrected chi connectivity index (χ3v) is 5.92. The number of hydrogen-bond donors (Lipinski definition) is 0. The standard InChI is InChI=1S/C6H10P2.C5H5.2ClH.Zr/c1-4-5(2)7-8-6(4)3;1-2-4-5-3-1;;;/h7H,1-3H3;1-3H,4H2;2*1H;/q;-1;;;+3/p-2. The molecule has 0 aromatic carbocycles. The Labute approximate surface area is 133 Å². The van der Waals surface area contributed by atoms with Gasteiger partial charge in [0.2, 0.25) is 0 Å². The normalized spacial score (nSPS) is 11.4. The second-order valence-electron chi connectivity index (χ2n) is 3.06. The zero-order valence-electron chi connectivity index (χ0n) is 9.64. The van der Waals surface area contributed by atoms with Crippen LogP contribution in [0, 0.1) is 26.8 Å². The Kier molecular flexibility index (Phi) is 17.6. The molecule has 1 heterocycles. The van der Waals surface area contributed by atoms with Crippen molar-refractivity contribution < 1.29 is 51.0 Å². The van der Waals surface area contributed by atoms with Gasteiger partial charge in [-0.15, -0.1) is 14.3 Å². The molecular formula is C11H15Cl2P2Zr. The van der Waals surface area contributed by atoms with Crippen molar-refractivity contribution in [3.63, 3.8) is 0 Å². The van der Waals surface area contributed by atoms with Gasteiger partial charge in [0.15, 0.2) is 0 Å². The van der Waals surface area contributed by atoms with E-state index < -0.39 is 0 Å². The molecule has 1 unspecified atom stereocenters. The first-order chi connectivity index (χ1) is 6.22. The second kappa shape index (κ2) is 12.6. The summed E-state index contributed by atoms with van der Waals surface area (Å²) in [4.78, 5) is 0. The fourth-order valence-electron chi connectivity index (χ4n) is 0.947. The Bertz CT molecular complexity index is 303. The summed E-state index contributed by atoms with van der Waals surface area (Å²) >= 11 is 0. The molecule has 1 aromatic heterocycles. The molecule has 0 aliphatic heterocycles. The van der Waals surface area contributed by atoms with E-state index in [0.717, 1.165) is 14.3 Å². The molecule has 1 aliphatic rings. The third kappa shape index (κ3) is 8.27. The van der Waals surface area contributed by atoms with Crippen LogP contribution in [-0.2, 0) is 26.2 Å². The van der Waals surface area contributed by atoms with Gasteiger partial charge in [-0.1, -0.05) is 7.87 Å². The van der Waals surface area contributed by atoms with E-state index in [0.29, 0.717) is 0 Å². The van der Waals surface area contributed by atoms with Gasteiger partial charge in [-0.05, 0) is 36.9 Å². The van der Waals surface area contributed by atoms with Crippen molar-refractivity contribution in [2.24, 2.45) is 0 Å². The van der Waals surface area contributed by atoms with E-state index in [4.69, 9.17) is 0 Å². The minimum atomic E-state index is 0. The van der Waals surface area contributed by atoms with Gasteiger partial charge in [0.1, 0.15) is 0 Å².